The third-order valence-corrected chi connectivity index (χ3v) is 7.52. The lowest BCUT2D eigenvalue weighted by Gasteiger charge is -2.47. The number of nitrogens with zero attached hydrogens (tertiary/aromatic N) is 4. The van der Waals surface area contributed by atoms with Gasteiger partial charge >= 0.3 is 0 Å². The van der Waals surface area contributed by atoms with Crippen LogP contribution in [0.5, 0.6) is 0 Å². The summed E-state index contributed by atoms with van der Waals surface area (Å²) in [5, 5.41) is 0.704. The summed E-state index contributed by atoms with van der Waals surface area (Å²) in [7, 11) is 0. The first-order valence-electron chi connectivity index (χ1n) is 12.1. The number of aromatic nitrogens is 1. The molecule has 2 saturated heterocycles. The molecule has 2 aliphatic rings. The van der Waals surface area contributed by atoms with Gasteiger partial charge in [-0.2, -0.15) is 0 Å². The van der Waals surface area contributed by atoms with Crippen LogP contribution in [-0.2, 0) is 6.54 Å². The first-order valence-corrected chi connectivity index (χ1v) is 12.5. The maximum Gasteiger partial charge on any atom is 0.147 e. The van der Waals surface area contributed by atoms with E-state index in [1.165, 1.54) is 0 Å². The lowest BCUT2D eigenvalue weighted by molar-refractivity contribution is 0.0607. The predicted octanol–water partition coefficient (Wildman–Crippen LogP) is 5.78. The number of benzene rings is 1. The Hall–Kier alpha value is -1.95. The van der Waals surface area contributed by atoms with Gasteiger partial charge in [0, 0.05) is 50.0 Å². The number of anilines is 1. The number of likely N-dealkylation sites (tertiary alicyclic amines) is 1. The maximum atomic E-state index is 14.3. The normalized spacial score (nSPS) is 20.9. The number of rotatable bonds is 6. The van der Waals surface area contributed by atoms with Crippen LogP contribution in [0, 0.1) is 12.7 Å². The summed E-state index contributed by atoms with van der Waals surface area (Å²) in [4.78, 5) is 12.1. The Labute approximate surface area is 203 Å². The second kappa shape index (κ2) is 10.5. The van der Waals surface area contributed by atoms with Crippen molar-refractivity contribution >= 4 is 23.0 Å². The molecule has 2 aromatic rings. The van der Waals surface area contributed by atoms with Crippen molar-refractivity contribution in [1.29, 1.82) is 0 Å². The largest absolute Gasteiger partial charge is 0.353 e. The Balaban J connectivity index is 1.35. The van der Waals surface area contributed by atoms with Gasteiger partial charge in [0.2, 0.25) is 0 Å². The van der Waals surface area contributed by atoms with Gasteiger partial charge in [-0.15, -0.1) is 0 Å². The van der Waals surface area contributed by atoms with E-state index in [0.717, 1.165) is 80.1 Å². The summed E-state index contributed by atoms with van der Waals surface area (Å²) in [5.74, 6) is 0.803. The van der Waals surface area contributed by atoms with Crippen LogP contribution < -0.4 is 4.90 Å². The van der Waals surface area contributed by atoms with Crippen molar-refractivity contribution in [2.45, 2.75) is 58.7 Å². The molecule has 0 saturated carbocycles. The van der Waals surface area contributed by atoms with Gasteiger partial charge in [0.05, 0.1) is 5.02 Å². The SMILES string of the molecule is C=C(C)c1cnc(N2CCN(C3CCN(Cc4ccc(C)cc4F)CC3)C(CC)C2)c(Cl)c1. The van der Waals surface area contributed by atoms with Crippen molar-refractivity contribution in [2.24, 2.45) is 0 Å². The van der Waals surface area contributed by atoms with Crippen molar-refractivity contribution in [3.8, 4) is 0 Å². The maximum absolute atomic E-state index is 14.3. The average molecular weight is 471 g/mol. The first-order chi connectivity index (χ1) is 15.9. The molecule has 1 atom stereocenters. The summed E-state index contributed by atoms with van der Waals surface area (Å²) in [5.41, 5.74) is 3.75. The van der Waals surface area contributed by atoms with Gasteiger partial charge in [-0.3, -0.25) is 9.80 Å². The molecule has 178 valence electrons. The number of halogens is 2. The molecule has 0 N–H and O–H groups in total. The number of hydrogen-bond donors (Lipinski definition) is 0. The van der Waals surface area contributed by atoms with Crippen molar-refractivity contribution in [2.75, 3.05) is 37.6 Å². The van der Waals surface area contributed by atoms with Crippen LogP contribution in [0.2, 0.25) is 5.02 Å². The van der Waals surface area contributed by atoms with Crippen molar-refractivity contribution in [3.63, 3.8) is 0 Å². The zero-order chi connectivity index (χ0) is 23.5. The lowest BCUT2D eigenvalue weighted by atomic mass is 9.97. The van der Waals surface area contributed by atoms with Crippen molar-refractivity contribution in [3.05, 3.63) is 64.6 Å². The van der Waals surface area contributed by atoms with E-state index in [1.807, 2.05) is 38.2 Å². The van der Waals surface area contributed by atoms with Crippen LogP contribution in [-0.4, -0.2) is 59.6 Å². The van der Waals surface area contributed by atoms with Crippen LogP contribution >= 0.6 is 11.6 Å². The second-order valence-electron chi connectivity index (χ2n) is 9.66. The van der Waals surface area contributed by atoms with E-state index in [0.29, 0.717) is 23.7 Å². The van der Waals surface area contributed by atoms with Crippen molar-refractivity contribution in [1.82, 2.24) is 14.8 Å². The lowest BCUT2D eigenvalue weighted by Crippen LogP contribution is -2.58. The molecule has 4 rings (SSSR count). The number of allylic oxidation sites excluding steroid dienone is 1. The highest BCUT2D eigenvalue weighted by Gasteiger charge is 2.34. The van der Waals surface area contributed by atoms with E-state index in [4.69, 9.17) is 11.6 Å². The summed E-state index contributed by atoms with van der Waals surface area (Å²) in [6.07, 6.45) is 5.25. The summed E-state index contributed by atoms with van der Waals surface area (Å²) in [6.45, 7) is 15.8. The fourth-order valence-corrected chi connectivity index (χ4v) is 5.52. The molecule has 2 aliphatic heterocycles. The van der Waals surface area contributed by atoms with Crippen LogP contribution in [0.4, 0.5) is 10.2 Å². The molecule has 6 heteroatoms. The van der Waals surface area contributed by atoms with E-state index in [-0.39, 0.29) is 5.82 Å². The van der Waals surface area contributed by atoms with Gasteiger partial charge in [0.25, 0.3) is 0 Å². The van der Waals surface area contributed by atoms with Crippen LogP contribution in [0.25, 0.3) is 5.57 Å². The molecule has 1 aromatic heterocycles. The van der Waals surface area contributed by atoms with E-state index in [9.17, 15) is 4.39 Å². The molecule has 3 heterocycles. The highest BCUT2D eigenvalue weighted by atomic mass is 35.5. The third-order valence-electron chi connectivity index (χ3n) is 7.24. The molecular formula is C27H36ClFN4. The fourth-order valence-electron chi connectivity index (χ4n) is 5.23. The van der Waals surface area contributed by atoms with Gasteiger partial charge in [-0.1, -0.05) is 37.2 Å². The smallest absolute Gasteiger partial charge is 0.147 e. The molecule has 0 radical (unpaired) electrons. The Morgan fingerprint density at radius 3 is 2.58 bits per heavy atom. The number of piperazine rings is 1. The average Bonchev–Trinajstić information content (AvgIpc) is 2.81. The minimum absolute atomic E-state index is 0.0807. The quantitative estimate of drug-likeness (QED) is 0.533. The van der Waals surface area contributed by atoms with E-state index < -0.39 is 0 Å². The van der Waals surface area contributed by atoms with Crippen LogP contribution in [0.1, 0.15) is 49.8 Å². The fraction of sp³-hybridized carbons (Fsp3) is 0.519. The molecule has 0 bridgehead atoms. The Morgan fingerprint density at radius 1 is 1.18 bits per heavy atom. The van der Waals surface area contributed by atoms with E-state index in [1.54, 1.807) is 6.07 Å². The monoisotopic (exact) mass is 470 g/mol. The number of aryl methyl sites for hydroxylation is 1. The minimum Gasteiger partial charge on any atom is -0.353 e. The molecule has 0 spiro atoms. The topological polar surface area (TPSA) is 22.6 Å². The highest BCUT2D eigenvalue weighted by Crippen LogP contribution is 2.30. The predicted molar refractivity (Wildman–Crippen MR) is 136 cm³/mol. The van der Waals surface area contributed by atoms with E-state index >= 15 is 0 Å². The second-order valence-corrected chi connectivity index (χ2v) is 10.1. The standard InChI is InChI=1S/C27H36ClFN4/c1-5-23-18-32(27-25(28)15-22(16-30-27)19(2)3)12-13-33(23)24-8-10-31(11-9-24)17-21-7-6-20(4)14-26(21)29/h6-7,14-16,23-24H,2,5,8-13,17-18H2,1,3-4H3. The van der Waals surface area contributed by atoms with Gasteiger partial charge in [0.15, 0.2) is 0 Å². The summed E-state index contributed by atoms with van der Waals surface area (Å²) < 4.78 is 14.3. The minimum atomic E-state index is -0.0807. The Morgan fingerprint density at radius 2 is 1.94 bits per heavy atom. The van der Waals surface area contributed by atoms with Gasteiger partial charge in [-0.05, 0) is 75.0 Å². The third kappa shape index (κ3) is 5.59. The van der Waals surface area contributed by atoms with Crippen molar-refractivity contribution < 1.29 is 4.39 Å². The van der Waals surface area contributed by atoms with Gasteiger partial charge in [-0.25, -0.2) is 9.37 Å². The van der Waals surface area contributed by atoms with Crippen LogP contribution in [0.3, 0.4) is 0 Å². The Kier molecular flexibility index (Phi) is 7.72. The van der Waals surface area contributed by atoms with Gasteiger partial charge < -0.3 is 4.90 Å². The first kappa shape index (κ1) is 24.2. The zero-order valence-corrected chi connectivity index (χ0v) is 20.9. The zero-order valence-electron chi connectivity index (χ0n) is 20.2. The molecule has 1 unspecified atom stereocenters. The van der Waals surface area contributed by atoms with Crippen LogP contribution in [0.15, 0.2) is 37.0 Å². The molecule has 0 aliphatic carbocycles. The summed E-state index contributed by atoms with van der Waals surface area (Å²) >= 11 is 6.59. The Bertz CT molecular complexity index is 986. The molecule has 2 fully saturated rings. The molecule has 0 amide bonds. The molecule has 33 heavy (non-hydrogen) atoms. The molecular weight excluding hydrogens is 435 g/mol. The highest BCUT2D eigenvalue weighted by molar-refractivity contribution is 6.33. The molecule has 1 aromatic carbocycles. The molecule has 4 nitrogen and oxygen atoms in total. The summed E-state index contributed by atoms with van der Waals surface area (Å²) in [6, 6.07) is 8.63. The number of hydrogen-bond acceptors (Lipinski definition) is 4. The van der Waals surface area contributed by atoms with E-state index in [2.05, 4.69) is 33.2 Å². The number of piperidine rings is 1. The number of pyridine rings is 1. The van der Waals surface area contributed by atoms with Gasteiger partial charge in [0.1, 0.15) is 11.6 Å².